The van der Waals surface area contributed by atoms with Crippen molar-refractivity contribution in [3.63, 3.8) is 0 Å². The Morgan fingerprint density at radius 2 is 2.13 bits per heavy atom. The highest BCUT2D eigenvalue weighted by Crippen LogP contribution is 2.23. The lowest BCUT2D eigenvalue weighted by molar-refractivity contribution is -0.125. The molecule has 1 saturated carbocycles. The summed E-state index contributed by atoms with van der Waals surface area (Å²) in [5, 5.41) is 2.94. The summed E-state index contributed by atoms with van der Waals surface area (Å²) in [4.78, 5) is 11.6. The van der Waals surface area contributed by atoms with Gasteiger partial charge in [-0.2, -0.15) is 0 Å². The van der Waals surface area contributed by atoms with Crippen LogP contribution in [0, 0.1) is 5.92 Å². The van der Waals surface area contributed by atoms with E-state index in [2.05, 4.69) is 5.32 Å². The van der Waals surface area contributed by atoms with Crippen LogP contribution in [0.15, 0.2) is 0 Å². The zero-order valence-corrected chi connectivity index (χ0v) is 9.82. The molecule has 0 aromatic heterocycles. The fourth-order valence-electron chi connectivity index (χ4n) is 1.66. The zero-order chi connectivity index (χ0) is 11.4. The van der Waals surface area contributed by atoms with Crippen molar-refractivity contribution in [1.82, 2.24) is 5.32 Å². The molecule has 88 valence electrons. The Morgan fingerprint density at radius 1 is 1.53 bits per heavy atom. The van der Waals surface area contributed by atoms with Gasteiger partial charge in [-0.25, -0.2) is 0 Å². The molecule has 0 spiro atoms. The van der Waals surface area contributed by atoms with E-state index < -0.39 is 6.04 Å². The lowest BCUT2D eigenvalue weighted by atomic mass is 9.88. The maximum Gasteiger partial charge on any atom is 0.237 e. The Morgan fingerprint density at radius 3 is 2.60 bits per heavy atom. The van der Waals surface area contributed by atoms with Gasteiger partial charge >= 0.3 is 0 Å². The van der Waals surface area contributed by atoms with Crippen LogP contribution in [0.4, 0.5) is 0 Å². The summed E-state index contributed by atoms with van der Waals surface area (Å²) in [6, 6.07) is -0.130. The molecular formula is C11H22N2O2. The maximum atomic E-state index is 11.6. The molecule has 0 saturated heterocycles. The largest absolute Gasteiger partial charge is 0.378 e. The number of amides is 1. The Labute approximate surface area is 91.5 Å². The Bertz CT molecular complexity index is 213. The first-order chi connectivity index (χ1) is 7.04. The topological polar surface area (TPSA) is 64.3 Å². The van der Waals surface area contributed by atoms with Crippen LogP contribution in [0.1, 0.15) is 33.6 Å². The molecule has 0 bridgehead atoms. The second-order valence-electron chi connectivity index (χ2n) is 4.52. The quantitative estimate of drug-likeness (QED) is 0.706. The number of nitrogens with one attached hydrogen (secondary N) is 1. The molecule has 4 nitrogen and oxygen atoms in total. The van der Waals surface area contributed by atoms with Gasteiger partial charge in [-0.1, -0.05) is 13.8 Å². The van der Waals surface area contributed by atoms with Gasteiger partial charge in [-0.15, -0.1) is 0 Å². The second kappa shape index (κ2) is 5.47. The van der Waals surface area contributed by atoms with Crippen molar-refractivity contribution < 1.29 is 9.53 Å². The van der Waals surface area contributed by atoms with Crippen LogP contribution in [0.5, 0.6) is 0 Å². The normalized spacial score (nSPS) is 27.3. The Hall–Kier alpha value is -0.610. The summed E-state index contributed by atoms with van der Waals surface area (Å²) < 4.78 is 5.41. The van der Waals surface area contributed by atoms with Crippen LogP contribution in [0.3, 0.4) is 0 Å². The molecular weight excluding hydrogens is 192 g/mol. The standard InChI is InChI=1S/C11H22N2O2/c1-4-15-9-5-8(6-9)13-11(14)10(12)7(2)3/h7-10H,4-6,12H2,1-3H3,(H,13,14). The van der Waals surface area contributed by atoms with Crippen molar-refractivity contribution in [2.45, 2.75) is 51.8 Å². The maximum absolute atomic E-state index is 11.6. The Kier molecular flexibility index (Phi) is 4.54. The van der Waals surface area contributed by atoms with Crippen molar-refractivity contribution in [3.8, 4) is 0 Å². The molecule has 0 aromatic rings. The number of carbonyl (C=O) groups is 1. The molecule has 15 heavy (non-hydrogen) atoms. The minimum atomic E-state index is -0.392. The van der Waals surface area contributed by atoms with E-state index in [1.165, 1.54) is 0 Å². The predicted molar refractivity (Wildman–Crippen MR) is 59.4 cm³/mol. The van der Waals surface area contributed by atoms with Gasteiger partial charge in [0.1, 0.15) is 0 Å². The predicted octanol–water partition coefficient (Wildman–Crippen LogP) is 0.653. The highest BCUT2D eigenvalue weighted by atomic mass is 16.5. The third-order valence-electron chi connectivity index (χ3n) is 2.86. The first-order valence-electron chi connectivity index (χ1n) is 5.72. The van der Waals surface area contributed by atoms with Crippen molar-refractivity contribution in [1.29, 1.82) is 0 Å². The number of hydrogen-bond acceptors (Lipinski definition) is 3. The van der Waals surface area contributed by atoms with Gasteiger partial charge in [0.2, 0.25) is 5.91 Å². The van der Waals surface area contributed by atoms with Gasteiger partial charge in [-0.05, 0) is 25.7 Å². The van der Waals surface area contributed by atoms with Crippen LogP contribution in [-0.4, -0.2) is 30.7 Å². The SMILES string of the molecule is CCOC1CC(NC(=O)C(N)C(C)C)C1. The average molecular weight is 214 g/mol. The molecule has 4 heteroatoms. The molecule has 0 aliphatic heterocycles. The molecule has 1 aliphatic rings. The zero-order valence-electron chi connectivity index (χ0n) is 9.82. The monoisotopic (exact) mass is 214 g/mol. The molecule has 1 rings (SSSR count). The third kappa shape index (κ3) is 3.47. The second-order valence-corrected chi connectivity index (χ2v) is 4.52. The van der Waals surface area contributed by atoms with Crippen LogP contribution in [0.25, 0.3) is 0 Å². The van der Waals surface area contributed by atoms with E-state index in [0.717, 1.165) is 19.4 Å². The van der Waals surface area contributed by atoms with Crippen LogP contribution in [-0.2, 0) is 9.53 Å². The summed E-state index contributed by atoms with van der Waals surface area (Å²) >= 11 is 0. The molecule has 1 aliphatic carbocycles. The van der Waals surface area contributed by atoms with Crippen molar-refractivity contribution >= 4 is 5.91 Å². The van der Waals surface area contributed by atoms with Gasteiger partial charge in [0.25, 0.3) is 0 Å². The van der Waals surface area contributed by atoms with E-state index in [1.807, 2.05) is 20.8 Å². The summed E-state index contributed by atoms with van der Waals surface area (Å²) in [5.41, 5.74) is 5.74. The van der Waals surface area contributed by atoms with Gasteiger partial charge in [0, 0.05) is 12.6 Å². The van der Waals surface area contributed by atoms with E-state index in [-0.39, 0.29) is 17.9 Å². The van der Waals surface area contributed by atoms with Crippen molar-refractivity contribution in [2.24, 2.45) is 11.7 Å². The van der Waals surface area contributed by atoms with E-state index in [9.17, 15) is 4.79 Å². The number of carbonyl (C=O) groups excluding carboxylic acids is 1. The first kappa shape index (κ1) is 12.5. The van der Waals surface area contributed by atoms with Gasteiger partial charge in [0.05, 0.1) is 12.1 Å². The fraction of sp³-hybridized carbons (Fsp3) is 0.909. The summed E-state index contributed by atoms with van der Waals surface area (Å²) in [7, 11) is 0. The van der Waals surface area contributed by atoms with E-state index in [0.29, 0.717) is 6.10 Å². The first-order valence-corrected chi connectivity index (χ1v) is 5.72. The van der Waals surface area contributed by atoms with Gasteiger partial charge in [-0.3, -0.25) is 4.79 Å². The lowest BCUT2D eigenvalue weighted by Gasteiger charge is -2.36. The number of rotatable bonds is 5. The number of hydrogen-bond donors (Lipinski definition) is 2. The number of nitrogens with two attached hydrogens (primary N) is 1. The molecule has 1 fully saturated rings. The molecule has 0 radical (unpaired) electrons. The molecule has 3 N–H and O–H groups in total. The summed E-state index contributed by atoms with van der Waals surface area (Å²) in [5.74, 6) is 0.151. The molecule has 1 atom stereocenters. The highest BCUT2D eigenvalue weighted by Gasteiger charge is 2.32. The molecule has 1 amide bonds. The van der Waals surface area contributed by atoms with Gasteiger partial charge in [0.15, 0.2) is 0 Å². The van der Waals surface area contributed by atoms with E-state index in [4.69, 9.17) is 10.5 Å². The van der Waals surface area contributed by atoms with E-state index in [1.54, 1.807) is 0 Å². The molecule has 0 aromatic carbocycles. The van der Waals surface area contributed by atoms with E-state index >= 15 is 0 Å². The average Bonchev–Trinajstić information content (AvgIpc) is 2.13. The third-order valence-corrected chi connectivity index (χ3v) is 2.86. The van der Waals surface area contributed by atoms with Crippen LogP contribution < -0.4 is 11.1 Å². The van der Waals surface area contributed by atoms with Crippen LogP contribution >= 0.6 is 0 Å². The van der Waals surface area contributed by atoms with Crippen molar-refractivity contribution in [3.05, 3.63) is 0 Å². The van der Waals surface area contributed by atoms with Crippen molar-refractivity contribution in [2.75, 3.05) is 6.61 Å². The number of ether oxygens (including phenoxy) is 1. The lowest BCUT2D eigenvalue weighted by Crippen LogP contribution is -2.53. The van der Waals surface area contributed by atoms with Crippen LogP contribution in [0.2, 0.25) is 0 Å². The molecule has 0 heterocycles. The minimum absolute atomic E-state index is 0.0371. The minimum Gasteiger partial charge on any atom is -0.378 e. The summed E-state index contributed by atoms with van der Waals surface area (Å²) in [6.07, 6.45) is 2.17. The Balaban J connectivity index is 2.19. The fourth-order valence-corrected chi connectivity index (χ4v) is 1.66. The summed E-state index contributed by atoms with van der Waals surface area (Å²) in [6.45, 7) is 6.64. The smallest absolute Gasteiger partial charge is 0.237 e. The highest BCUT2D eigenvalue weighted by molar-refractivity contribution is 5.82. The molecule has 1 unspecified atom stereocenters. The van der Waals surface area contributed by atoms with Gasteiger partial charge < -0.3 is 15.8 Å².